The summed E-state index contributed by atoms with van der Waals surface area (Å²) >= 11 is 0. The molecule has 9 heteroatoms. The molecule has 1 aromatic rings. The molecule has 0 saturated heterocycles. The van der Waals surface area contributed by atoms with Gasteiger partial charge < -0.3 is 19.5 Å². The van der Waals surface area contributed by atoms with E-state index >= 15 is 0 Å². The number of alkyl carbamates (subject to hydrolysis) is 1. The molecule has 0 atom stereocenters. The van der Waals surface area contributed by atoms with Crippen LogP contribution in [0.25, 0.3) is 10.4 Å². The van der Waals surface area contributed by atoms with Crippen LogP contribution >= 0.6 is 0 Å². The smallest absolute Gasteiger partial charge is 0.407 e. The molecule has 126 valence electrons. The zero-order valence-corrected chi connectivity index (χ0v) is 13.5. The lowest BCUT2D eigenvalue weighted by atomic mass is 10.2. The molecule has 9 nitrogen and oxygen atoms in total. The Bertz CT molecular complexity index is 552. The average Bonchev–Trinajstić information content (AvgIpc) is 2.45. The summed E-state index contributed by atoms with van der Waals surface area (Å²) in [5.74, 6) is 0.352. The fourth-order valence-corrected chi connectivity index (χ4v) is 1.44. The zero-order chi connectivity index (χ0) is 17.1. The topological polar surface area (TPSA) is 118 Å². The third-order valence-electron chi connectivity index (χ3n) is 2.27. The van der Waals surface area contributed by atoms with Gasteiger partial charge in [0.25, 0.3) is 0 Å². The number of nitrogens with zero attached hydrogens (tertiary/aromatic N) is 4. The minimum absolute atomic E-state index is 0.291. The number of nitrogens with one attached hydrogen (secondary N) is 1. The van der Waals surface area contributed by atoms with Crippen molar-refractivity contribution in [3.8, 4) is 5.88 Å². The number of carbonyl (C=O) groups is 1. The summed E-state index contributed by atoms with van der Waals surface area (Å²) in [6.45, 7) is 6.71. The van der Waals surface area contributed by atoms with Crippen LogP contribution in [0.2, 0.25) is 0 Å². The number of rotatable bonds is 8. The summed E-state index contributed by atoms with van der Waals surface area (Å²) in [4.78, 5) is 18.0. The maximum atomic E-state index is 11.4. The van der Waals surface area contributed by atoms with Crippen molar-refractivity contribution in [3.63, 3.8) is 0 Å². The molecule has 23 heavy (non-hydrogen) atoms. The molecule has 0 bridgehead atoms. The number of aromatic nitrogens is 1. The second-order valence-electron chi connectivity index (χ2n) is 5.43. The number of ether oxygens (including phenoxy) is 3. The first kappa shape index (κ1) is 18.5. The Hall–Kier alpha value is -2.51. The van der Waals surface area contributed by atoms with Crippen LogP contribution in [0.15, 0.2) is 23.4 Å². The van der Waals surface area contributed by atoms with Crippen LogP contribution in [0.4, 0.5) is 10.5 Å². The molecule has 1 amide bonds. The van der Waals surface area contributed by atoms with Gasteiger partial charge in [0, 0.05) is 29.4 Å². The van der Waals surface area contributed by atoms with Gasteiger partial charge in [-0.1, -0.05) is 5.11 Å². The molecule has 1 aromatic heterocycles. The molecule has 0 aliphatic rings. The van der Waals surface area contributed by atoms with Crippen molar-refractivity contribution >= 4 is 11.8 Å². The van der Waals surface area contributed by atoms with Crippen LogP contribution in [0.1, 0.15) is 20.8 Å². The van der Waals surface area contributed by atoms with E-state index in [1.54, 1.807) is 26.8 Å². The van der Waals surface area contributed by atoms with Crippen molar-refractivity contribution in [3.05, 3.63) is 28.8 Å². The Balaban J connectivity index is 2.11. The number of hydrogen-bond acceptors (Lipinski definition) is 6. The highest BCUT2D eigenvalue weighted by Gasteiger charge is 2.15. The Morgan fingerprint density at radius 1 is 1.39 bits per heavy atom. The molecule has 0 radical (unpaired) electrons. The SMILES string of the molecule is CC(C)(C)OC(=O)NCCOCCOc1cc(N=[N+]=[N-])ccn1. The molecule has 1 rings (SSSR count). The highest BCUT2D eigenvalue weighted by molar-refractivity contribution is 5.67. The van der Waals surface area contributed by atoms with Crippen LogP contribution < -0.4 is 10.1 Å². The van der Waals surface area contributed by atoms with E-state index in [2.05, 4.69) is 20.3 Å². The molecule has 0 aliphatic carbocycles. The van der Waals surface area contributed by atoms with E-state index in [4.69, 9.17) is 19.7 Å². The number of amides is 1. The first-order valence-electron chi connectivity index (χ1n) is 7.09. The van der Waals surface area contributed by atoms with E-state index in [-0.39, 0.29) is 0 Å². The predicted octanol–water partition coefficient (Wildman–Crippen LogP) is 2.94. The van der Waals surface area contributed by atoms with Gasteiger partial charge in [-0.05, 0) is 32.4 Å². The first-order chi connectivity index (χ1) is 10.9. The maximum Gasteiger partial charge on any atom is 0.407 e. The maximum absolute atomic E-state index is 11.4. The van der Waals surface area contributed by atoms with Gasteiger partial charge in [-0.3, -0.25) is 0 Å². The lowest BCUT2D eigenvalue weighted by Gasteiger charge is -2.19. The van der Waals surface area contributed by atoms with Crippen molar-refractivity contribution < 1.29 is 19.0 Å². The fraction of sp³-hybridized carbons (Fsp3) is 0.571. The van der Waals surface area contributed by atoms with Gasteiger partial charge in [0.2, 0.25) is 5.88 Å². The number of azide groups is 1. The fourth-order valence-electron chi connectivity index (χ4n) is 1.44. The van der Waals surface area contributed by atoms with Gasteiger partial charge in [-0.15, -0.1) is 0 Å². The van der Waals surface area contributed by atoms with Crippen LogP contribution in [-0.2, 0) is 9.47 Å². The third kappa shape index (κ3) is 9.18. The van der Waals surface area contributed by atoms with Gasteiger partial charge in [-0.2, -0.15) is 0 Å². The predicted molar refractivity (Wildman–Crippen MR) is 83.6 cm³/mol. The molecule has 0 unspecified atom stereocenters. The normalized spacial score (nSPS) is 10.6. The average molecular weight is 323 g/mol. The Morgan fingerprint density at radius 2 is 2.17 bits per heavy atom. The molecular weight excluding hydrogens is 302 g/mol. The quantitative estimate of drug-likeness (QED) is 0.341. The number of carbonyl (C=O) groups excluding carboxylic acids is 1. The molecular formula is C14H21N5O4. The molecule has 0 saturated carbocycles. The highest BCUT2D eigenvalue weighted by Crippen LogP contribution is 2.16. The Morgan fingerprint density at radius 3 is 2.87 bits per heavy atom. The molecule has 0 aromatic carbocycles. The van der Waals surface area contributed by atoms with Crippen molar-refractivity contribution in [1.29, 1.82) is 0 Å². The molecule has 0 fully saturated rings. The third-order valence-corrected chi connectivity index (χ3v) is 2.27. The standard InChI is InChI=1S/C14H21N5O4/c1-14(2,3)23-13(20)17-6-7-21-8-9-22-12-10-11(18-19-15)4-5-16-12/h4-5,10H,6-9H2,1-3H3,(H,17,20). The highest BCUT2D eigenvalue weighted by atomic mass is 16.6. The molecule has 1 heterocycles. The second kappa shape index (κ2) is 9.50. The van der Waals surface area contributed by atoms with Crippen LogP contribution in [0.3, 0.4) is 0 Å². The zero-order valence-electron chi connectivity index (χ0n) is 13.5. The lowest BCUT2D eigenvalue weighted by Crippen LogP contribution is -2.34. The van der Waals surface area contributed by atoms with Crippen molar-refractivity contribution in [1.82, 2.24) is 10.3 Å². The van der Waals surface area contributed by atoms with Gasteiger partial charge in [0.1, 0.15) is 12.2 Å². The Labute approximate surface area is 134 Å². The van der Waals surface area contributed by atoms with E-state index < -0.39 is 11.7 Å². The molecule has 0 spiro atoms. The summed E-state index contributed by atoms with van der Waals surface area (Å²) < 4.78 is 15.7. The largest absolute Gasteiger partial charge is 0.475 e. The van der Waals surface area contributed by atoms with Gasteiger partial charge in [-0.25, -0.2) is 9.78 Å². The Kier molecular flexibility index (Phi) is 7.65. The minimum atomic E-state index is -0.518. The van der Waals surface area contributed by atoms with Crippen molar-refractivity contribution in [2.75, 3.05) is 26.4 Å². The van der Waals surface area contributed by atoms with Crippen LogP contribution in [0.5, 0.6) is 5.88 Å². The van der Waals surface area contributed by atoms with Crippen molar-refractivity contribution in [2.45, 2.75) is 26.4 Å². The van der Waals surface area contributed by atoms with E-state index in [1.165, 1.54) is 12.3 Å². The number of hydrogen-bond donors (Lipinski definition) is 1. The van der Waals surface area contributed by atoms with Gasteiger partial charge in [0.05, 0.1) is 13.2 Å². The summed E-state index contributed by atoms with van der Waals surface area (Å²) in [5, 5.41) is 6.04. The van der Waals surface area contributed by atoms with E-state index in [0.29, 0.717) is 37.9 Å². The monoisotopic (exact) mass is 323 g/mol. The minimum Gasteiger partial charge on any atom is -0.475 e. The summed E-state index contributed by atoms with van der Waals surface area (Å²) in [5.41, 5.74) is 8.26. The summed E-state index contributed by atoms with van der Waals surface area (Å²) in [7, 11) is 0. The van der Waals surface area contributed by atoms with Crippen LogP contribution in [-0.4, -0.2) is 43.0 Å². The lowest BCUT2D eigenvalue weighted by molar-refractivity contribution is 0.0488. The van der Waals surface area contributed by atoms with E-state index in [9.17, 15) is 4.79 Å². The van der Waals surface area contributed by atoms with E-state index in [0.717, 1.165) is 0 Å². The van der Waals surface area contributed by atoms with Crippen LogP contribution in [0, 0.1) is 0 Å². The number of pyridine rings is 1. The summed E-state index contributed by atoms with van der Waals surface area (Å²) in [6.07, 6.45) is 1.02. The van der Waals surface area contributed by atoms with Crippen molar-refractivity contribution in [2.24, 2.45) is 5.11 Å². The molecule has 1 N–H and O–H groups in total. The second-order valence-corrected chi connectivity index (χ2v) is 5.43. The first-order valence-corrected chi connectivity index (χ1v) is 7.09. The van der Waals surface area contributed by atoms with Gasteiger partial charge >= 0.3 is 6.09 Å². The summed E-state index contributed by atoms with van der Waals surface area (Å²) in [6, 6.07) is 3.11. The van der Waals surface area contributed by atoms with Gasteiger partial charge in [0.15, 0.2) is 0 Å². The molecule has 0 aliphatic heterocycles. The van der Waals surface area contributed by atoms with E-state index in [1.807, 2.05) is 0 Å².